The lowest BCUT2D eigenvalue weighted by Crippen LogP contribution is -2.31. The lowest BCUT2D eigenvalue weighted by atomic mass is 9.95. The number of hydrogen-bond donors (Lipinski definition) is 1. The lowest BCUT2D eigenvalue weighted by Gasteiger charge is -2.24. The topological polar surface area (TPSA) is 110 Å². The summed E-state index contributed by atoms with van der Waals surface area (Å²) < 4.78 is 10.5. The molecule has 1 aliphatic rings. The number of amides is 1. The highest BCUT2D eigenvalue weighted by molar-refractivity contribution is 7.17. The standard InChI is InChI=1S/C25H17ClN2O6S/c1-12-22(24(32)33-2)35-25(27-12)28-19(13-7-9-15(26)10-8-13)18(21(30)23(28)31)20(29)17-11-14-5-3-4-6-16(14)34-17/h3-11,19,30H,1-2H3/t19-/m1/s1. The van der Waals surface area contributed by atoms with Crippen molar-refractivity contribution in [3.8, 4) is 0 Å². The van der Waals surface area contributed by atoms with Gasteiger partial charge in [0.15, 0.2) is 16.7 Å². The fourth-order valence-corrected chi connectivity index (χ4v) is 5.13. The van der Waals surface area contributed by atoms with Crippen LogP contribution in [0.25, 0.3) is 11.0 Å². The molecule has 2 aromatic heterocycles. The molecule has 0 radical (unpaired) electrons. The number of methoxy groups -OCH3 is 1. The van der Waals surface area contributed by atoms with Crippen LogP contribution in [0.4, 0.5) is 5.13 Å². The molecule has 4 aromatic rings. The predicted molar refractivity (Wildman–Crippen MR) is 130 cm³/mol. The number of halogens is 1. The minimum absolute atomic E-state index is 0.0214. The first-order chi connectivity index (χ1) is 16.8. The van der Waals surface area contributed by atoms with Crippen LogP contribution in [0.3, 0.4) is 0 Å². The average Bonchev–Trinajstić information content (AvgIpc) is 3.53. The van der Waals surface area contributed by atoms with Crippen LogP contribution >= 0.6 is 22.9 Å². The van der Waals surface area contributed by atoms with Crippen LogP contribution in [0.5, 0.6) is 0 Å². The van der Waals surface area contributed by atoms with E-state index in [9.17, 15) is 19.5 Å². The molecule has 0 saturated carbocycles. The number of para-hydroxylation sites is 1. The minimum atomic E-state index is -1.03. The van der Waals surface area contributed by atoms with Gasteiger partial charge in [-0.1, -0.05) is 53.3 Å². The van der Waals surface area contributed by atoms with Crippen LogP contribution in [-0.4, -0.2) is 34.9 Å². The number of aryl methyl sites for hydroxylation is 1. The van der Waals surface area contributed by atoms with E-state index in [0.717, 1.165) is 11.3 Å². The van der Waals surface area contributed by atoms with Crippen LogP contribution in [0, 0.1) is 6.92 Å². The molecule has 1 aliphatic heterocycles. The molecule has 35 heavy (non-hydrogen) atoms. The highest BCUT2D eigenvalue weighted by atomic mass is 35.5. The summed E-state index contributed by atoms with van der Waals surface area (Å²) in [6, 6.07) is 14.2. The number of hydrogen-bond acceptors (Lipinski definition) is 8. The number of aromatic nitrogens is 1. The highest BCUT2D eigenvalue weighted by Crippen LogP contribution is 2.44. The van der Waals surface area contributed by atoms with E-state index in [-0.39, 0.29) is 21.3 Å². The Morgan fingerprint density at radius 2 is 1.89 bits per heavy atom. The number of fused-ring (bicyclic) bond motifs is 1. The van der Waals surface area contributed by atoms with Crippen molar-refractivity contribution >= 4 is 56.7 Å². The maximum atomic E-state index is 13.6. The van der Waals surface area contributed by atoms with Gasteiger partial charge in [0, 0.05) is 10.4 Å². The molecule has 1 atom stereocenters. The molecule has 8 nitrogen and oxygen atoms in total. The van der Waals surface area contributed by atoms with Crippen molar-refractivity contribution in [1.82, 2.24) is 4.98 Å². The van der Waals surface area contributed by atoms with E-state index in [1.807, 2.05) is 6.07 Å². The molecule has 0 bridgehead atoms. The van der Waals surface area contributed by atoms with Gasteiger partial charge in [-0.2, -0.15) is 0 Å². The van der Waals surface area contributed by atoms with Crippen molar-refractivity contribution in [2.75, 3.05) is 12.0 Å². The number of furan rings is 1. The number of carbonyl (C=O) groups is 3. The maximum Gasteiger partial charge on any atom is 0.350 e. The second kappa shape index (κ2) is 8.68. The smallest absolute Gasteiger partial charge is 0.350 e. The van der Waals surface area contributed by atoms with Gasteiger partial charge in [0.1, 0.15) is 10.5 Å². The van der Waals surface area contributed by atoms with E-state index in [1.54, 1.807) is 55.5 Å². The maximum absolute atomic E-state index is 13.6. The summed E-state index contributed by atoms with van der Waals surface area (Å²) >= 11 is 6.99. The summed E-state index contributed by atoms with van der Waals surface area (Å²) in [5, 5.41) is 12.2. The number of nitrogens with zero attached hydrogens (tertiary/aromatic N) is 2. The number of Topliss-reactive ketones (excluding diaryl/α,β-unsaturated/α-hetero) is 1. The van der Waals surface area contributed by atoms with Crippen LogP contribution in [-0.2, 0) is 9.53 Å². The zero-order valence-electron chi connectivity index (χ0n) is 18.4. The number of ether oxygens (including phenoxy) is 1. The molecule has 1 N–H and O–H groups in total. The quantitative estimate of drug-likeness (QED) is 0.283. The first kappa shape index (κ1) is 22.8. The zero-order chi connectivity index (χ0) is 24.9. The predicted octanol–water partition coefficient (Wildman–Crippen LogP) is 5.42. The molecule has 0 saturated heterocycles. The summed E-state index contributed by atoms with van der Waals surface area (Å²) in [6.45, 7) is 1.61. The van der Waals surface area contributed by atoms with Crippen LogP contribution < -0.4 is 4.90 Å². The summed E-state index contributed by atoms with van der Waals surface area (Å²) in [5.74, 6) is -2.81. The Hall–Kier alpha value is -3.95. The average molecular weight is 509 g/mol. The van der Waals surface area contributed by atoms with Crippen molar-refractivity contribution in [3.63, 3.8) is 0 Å². The third-order valence-corrected chi connectivity index (χ3v) is 7.04. The Balaban J connectivity index is 1.65. The number of thiazole rings is 1. The number of esters is 1. The minimum Gasteiger partial charge on any atom is -0.503 e. The molecular formula is C25H17ClN2O6S. The number of anilines is 1. The first-order valence-corrected chi connectivity index (χ1v) is 11.6. The summed E-state index contributed by atoms with van der Waals surface area (Å²) in [7, 11) is 1.25. The molecule has 0 fully saturated rings. The van der Waals surface area contributed by atoms with Gasteiger partial charge in [-0.15, -0.1) is 0 Å². The fourth-order valence-electron chi connectivity index (χ4n) is 3.99. The van der Waals surface area contributed by atoms with Gasteiger partial charge < -0.3 is 14.3 Å². The summed E-state index contributed by atoms with van der Waals surface area (Å²) in [4.78, 5) is 44.8. The largest absolute Gasteiger partial charge is 0.503 e. The normalized spacial score (nSPS) is 15.8. The number of benzene rings is 2. The number of aliphatic hydroxyl groups is 1. The lowest BCUT2D eigenvalue weighted by molar-refractivity contribution is -0.117. The third kappa shape index (κ3) is 3.78. The molecule has 0 spiro atoms. The van der Waals surface area contributed by atoms with Crippen molar-refractivity contribution in [2.45, 2.75) is 13.0 Å². The second-order valence-electron chi connectivity index (χ2n) is 7.77. The van der Waals surface area contributed by atoms with Crippen molar-refractivity contribution in [3.05, 3.63) is 92.8 Å². The zero-order valence-corrected chi connectivity index (χ0v) is 20.0. The number of ketones is 1. The molecule has 10 heteroatoms. The highest BCUT2D eigenvalue weighted by Gasteiger charge is 2.47. The summed E-state index contributed by atoms with van der Waals surface area (Å²) in [5.41, 5.74) is 1.21. The monoisotopic (exact) mass is 508 g/mol. The fraction of sp³-hybridized carbons (Fsp3) is 0.120. The van der Waals surface area contributed by atoms with Gasteiger partial charge in [0.05, 0.1) is 24.4 Å². The Bertz CT molecular complexity index is 1500. The van der Waals surface area contributed by atoms with Crippen LogP contribution in [0.2, 0.25) is 5.02 Å². The van der Waals surface area contributed by atoms with Crippen LogP contribution in [0.1, 0.15) is 37.5 Å². The third-order valence-electron chi connectivity index (χ3n) is 5.65. The van der Waals surface area contributed by atoms with E-state index in [0.29, 0.717) is 27.2 Å². The van der Waals surface area contributed by atoms with Crippen molar-refractivity contribution < 1.29 is 28.6 Å². The molecule has 0 aliphatic carbocycles. The number of rotatable bonds is 5. The Kier molecular flexibility index (Phi) is 5.66. The van der Waals surface area contributed by atoms with Gasteiger partial charge >= 0.3 is 5.97 Å². The molecular weight excluding hydrogens is 492 g/mol. The number of carbonyl (C=O) groups excluding carboxylic acids is 3. The second-order valence-corrected chi connectivity index (χ2v) is 9.19. The van der Waals surface area contributed by atoms with Gasteiger partial charge in [-0.25, -0.2) is 9.78 Å². The molecule has 1 amide bonds. The molecule has 5 rings (SSSR count). The molecule has 176 valence electrons. The van der Waals surface area contributed by atoms with Gasteiger partial charge in [-0.3, -0.25) is 14.5 Å². The van der Waals surface area contributed by atoms with Gasteiger partial charge in [-0.05, 0) is 36.8 Å². The van der Waals surface area contributed by atoms with E-state index in [2.05, 4.69) is 4.98 Å². The van der Waals surface area contributed by atoms with E-state index >= 15 is 0 Å². The van der Waals surface area contributed by atoms with Gasteiger partial charge in [0.2, 0.25) is 5.78 Å². The van der Waals surface area contributed by atoms with E-state index in [4.69, 9.17) is 20.8 Å². The SMILES string of the molecule is COC(=O)c1sc(N2C(=O)C(O)=C(C(=O)c3cc4ccccc4o3)[C@H]2c2ccc(Cl)cc2)nc1C. The van der Waals surface area contributed by atoms with Crippen molar-refractivity contribution in [1.29, 1.82) is 0 Å². The van der Waals surface area contributed by atoms with Crippen molar-refractivity contribution in [2.24, 2.45) is 0 Å². The van der Waals surface area contributed by atoms with Gasteiger partial charge in [0.25, 0.3) is 5.91 Å². The van der Waals surface area contributed by atoms with E-state index in [1.165, 1.54) is 12.0 Å². The Morgan fingerprint density at radius 3 is 2.57 bits per heavy atom. The molecule has 0 unspecified atom stereocenters. The molecule has 2 aromatic carbocycles. The number of aliphatic hydroxyl groups excluding tert-OH is 1. The Labute approximate surface area is 208 Å². The summed E-state index contributed by atoms with van der Waals surface area (Å²) in [6.07, 6.45) is 0. The van der Waals surface area contributed by atoms with Crippen LogP contribution in [0.15, 0.2) is 70.3 Å². The Morgan fingerprint density at radius 1 is 1.17 bits per heavy atom. The molecule has 3 heterocycles. The van der Waals surface area contributed by atoms with E-state index < -0.39 is 29.5 Å². The first-order valence-electron chi connectivity index (χ1n) is 10.4.